The molecule has 0 aliphatic heterocycles. The highest BCUT2D eigenvalue weighted by Crippen LogP contribution is 2.37. The molecule has 2 aromatic carbocycles. The largest absolute Gasteiger partial charge is 0.456 e. The van der Waals surface area contributed by atoms with Crippen LogP contribution in [-0.2, 0) is 0 Å². The van der Waals surface area contributed by atoms with Crippen LogP contribution in [-0.4, -0.2) is 11.2 Å². The summed E-state index contributed by atoms with van der Waals surface area (Å²) >= 11 is 3.16. The van der Waals surface area contributed by atoms with Crippen LogP contribution >= 0.6 is 15.9 Å². The van der Waals surface area contributed by atoms with Gasteiger partial charge in [0, 0.05) is 11.6 Å². The molecule has 0 saturated heterocycles. The summed E-state index contributed by atoms with van der Waals surface area (Å²) in [6.45, 7) is 1.83. The van der Waals surface area contributed by atoms with Gasteiger partial charge in [0.2, 0.25) is 0 Å². The number of carbonyl (C=O) groups is 1. The smallest absolute Gasteiger partial charge is 0.287 e. The fourth-order valence-electron chi connectivity index (χ4n) is 1.64. The monoisotopic (exact) mass is 335 g/mol. The van der Waals surface area contributed by atoms with E-state index >= 15 is 0 Å². The van der Waals surface area contributed by atoms with E-state index in [1.807, 2.05) is 6.92 Å². The maximum Gasteiger partial charge on any atom is 0.287 e. The number of hydrogen-bond acceptors (Lipinski definition) is 4. The van der Waals surface area contributed by atoms with E-state index in [1.54, 1.807) is 24.3 Å². The van der Waals surface area contributed by atoms with E-state index in [-0.39, 0.29) is 10.2 Å². The molecular formula is C14H10BrNO4. The third-order valence-electron chi connectivity index (χ3n) is 2.71. The van der Waals surface area contributed by atoms with Gasteiger partial charge in [0.05, 0.1) is 4.92 Å². The second kappa shape index (κ2) is 5.83. The van der Waals surface area contributed by atoms with Gasteiger partial charge in [0.25, 0.3) is 5.69 Å². The van der Waals surface area contributed by atoms with Crippen LogP contribution in [0.4, 0.5) is 5.69 Å². The highest BCUT2D eigenvalue weighted by atomic mass is 79.9. The molecule has 102 valence electrons. The lowest BCUT2D eigenvalue weighted by Crippen LogP contribution is -1.94. The fourth-order valence-corrected chi connectivity index (χ4v) is 2.13. The molecule has 0 heterocycles. The molecule has 0 amide bonds. The van der Waals surface area contributed by atoms with Crippen molar-refractivity contribution >= 4 is 27.9 Å². The zero-order chi connectivity index (χ0) is 14.7. The van der Waals surface area contributed by atoms with Crippen molar-refractivity contribution in [3.63, 3.8) is 0 Å². The minimum atomic E-state index is -0.494. The zero-order valence-electron chi connectivity index (χ0n) is 10.5. The number of carbonyl (C=O) groups excluding carboxylic acids is 1. The molecular weight excluding hydrogens is 326 g/mol. The average molecular weight is 336 g/mol. The van der Waals surface area contributed by atoms with Gasteiger partial charge in [-0.25, -0.2) is 0 Å². The van der Waals surface area contributed by atoms with Crippen molar-refractivity contribution in [1.29, 1.82) is 0 Å². The summed E-state index contributed by atoms with van der Waals surface area (Å²) in [5.74, 6) is 0.807. The van der Waals surface area contributed by atoms with Crippen LogP contribution in [0.25, 0.3) is 0 Å². The summed E-state index contributed by atoms with van der Waals surface area (Å²) < 4.78 is 5.93. The van der Waals surface area contributed by atoms with Crippen LogP contribution in [0, 0.1) is 17.0 Å². The van der Waals surface area contributed by atoms with Crippen molar-refractivity contribution < 1.29 is 14.5 Å². The number of halogens is 1. The quantitative estimate of drug-likeness (QED) is 0.475. The van der Waals surface area contributed by atoms with E-state index in [2.05, 4.69) is 15.9 Å². The van der Waals surface area contributed by atoms with Gasteiger partial charge >= 0.3 is 0 Å². The Hall–Kier alpha value is -2.21. The number of rotatable bonds is 4. The van der Waals surface area contributed by atoms with Gasteiger partial charge in [-0.05, 0) is 40.5 Å². The highest BCUT2D eigenvalue weighted by Gasteiger charge is 2.17. The maximum absolute atomic E-state index is 10.9. The average Bonchev–Trinajstić information content (AvgIpc) is 2.43. The third-order valence-corrected chi connectivity index (χ3v) is 3.50. The number of benzene rings is 2. The standard InChI is InChI=1S/C14H10BrNO4/c1-9-5-6-10(8-17)7-13(9)20-12-4-2-3-11(14(12)15)16(18)19/h2-8H,1H3. The Kier molecular flexibility index (Phi) is 4.14. The van der Waals surface area contributed by atoms with Crippen molar-refractivity contribution in [1.82, 2.24) is 0 Å². The predicted molar refractivity (Wildman–Crippen MR) is 77.4 cm³/mol. The Bertz CT molecular complexity index is 685. The molecule has 0 saturated carbocycles. The molecule has 2 aromatic rings. The normalized spacial score (nSPS) is 10.1. The summed E-state index contributed by atoms with van der Waals surface area (Å²) in [6, 6.07) is 9.56. The molecule has 0 fully saturated rings. The summed E-state index contributed by atoms with van der Waals surface area (Å²) in [7, 11) is 0. The van der Waals surface area contributed by atoms with Gasteiger partial charge in [-0.2, -0.15) is 0 Å². The summed E-state index contributed by atoms with van der Waals surface area (Å²) in [6.07, 6.45) is 0.717. The van der Waals surface area contributed by atoms with E-state index < -0.39 is 4.92 Å². The predicted octanol–water partition coefficient (Wildman–Crippen LogP) is 4.27. The van der Waals surface area contributed by atoms with Gasteiger partial charge < -0.3 is 4.74 Å². The third kappa shape index (κ3) is 2.85. The number of hydrogen-bond donors (Lipinski definition) is 0. The molecule has 0 spiro atoms. The second-order valence-corrected chi connectivity index (χ2v) is 4.88. The highest BCUT2D eigenvalue weighted by molar-refractivity contribution is 9.10. The maximum atomic E-state index is 10.9. The Morgan fingerprint density at radius 2 is 2.00 bits per heavy atom. The van der Waals surface area contributed by atoms with Gasteiger partial charge in [0.1, 0.15) is 22.3 Å². The van der Waals surface area contributed by atoms with E-state index in [0.29, 0.717) is 17.1 Å². The van der Waals surface area contributed by atoms with Gasteiger partial charge in [0.15, 0.2) is 0 Å². The number of ether oxygens (including phenoxy) is 1. The molecule has 0 N–H and O–H groups in total. The molecule has 0 aliphatic rings. The molecule has 0 aliphatic carbocycles. The zero-order valence-corrected chi connectivity index (χ0v) is 12.1. The molecule has 5 nitrogen and oxygen atoms in total. The number of nitro groups is 1. The van der Waals surface area contributed by atoms with Crippen LogP contribution in [0.15, 0.2) is 40.9 Å². The van der Waals surface area contributed by atoms with Crippen LogP contribution in [0.5, 0.6) is 11.5 Å². The number of aryl methyl sites for hydroxylation is 1. The Morgan fingerprint density at radius 3 is 2.65 bits per heavy atom. The van der Waals surface area contributed by atoms with Crippen molar-refractivity contribution in [3.05, 3.63) is 62.1 Å². The molecule has 0 radical (unpaired) electrons. The van der Waals surface area contributed by atoms with Crippen LogP contribution in [0.1, 0.15) is 15.9 Å². The van der Waals surface area contributed by atoms with Crippen molar-refractivity contribution in [2.75, 3.05) is 0 Å². The summed E-state index contributed by atoms with van der Waals surface area (Å²) in [4.78, 5) is 21.2. The molecule has 0 aromatic heterocycles. The first-order valence-corrected chi connectivity index (χ1v) is 6.49. The number of nitro benzene ring substituents is 1. The summed E-state index contributed by atoms with van der Waals surface area (Å²) in [5, 5.41) is 10.9. The Labute approximate surface area is 123 Å². The SMILES string of the molecule is Cc1ccc(C=O)cc1Oc1cccc([N+](=O)[O-])c1Br. The van der Waals surface area contributed by atoms with Crippen molar-refractivity contribution in [2.45, 2.75) is 6.92 Å². The second-order valence-electron chi connectivity index (χ2n) is 4.09. The minimum absolute atomic E-state index is 0.0771. The van der Waals surface area contributed by atoms with Gasteiger partial charge in [-0.1, -0.05) is 18.2 Å². The Balaban J connectivity index is 2.42. The lowest BCUT2D eigenvalue weighted by atomic mass is 10.1. The first-order valence-electron chi connectivity index (χ1n) is 5.69. The first-order chi connectivity index (χ1) is 9.52. The molecule has 0 bridgehead atoms. The van der Waals surface area contributed by atoms with Crippen LogP contribution < -0.4 is 4.74 Å². The van der Waals surface area contributed by atoms with Gasteiger partial charge in [-0.3, -0.25) is 14.9 Å². The van der Waals surface area contributed by atoms with E-state index in [1.165, 1.54) is 12.1 Å². The number of aldehydes is 1. The van der Waals surface area contributed by atoms with E-state index in [9.17, 15) is 14.9 Å². The lowest BCUT2D eigenvalue weighted by molar-refractivity contribution is -0.385. The topological polar surface area (TPSA) is 69.4 Å². The van der Waals surface area contributed by atoms with Crippen molar-refractivity contribution in [3.8, 4) is 11.5 Å². The molecule has 2 rings (SSSR count). The summed E-state index contributed by atoms with van der Waals surface area (Å²) in [5.41, 5.74) is 1.23. The first kappa shape index (κ1) is 14.2. The molecule has 0 unspecified atom stereocenters. The fraction of sp³-hybridized carbons (Fsp3) is 0.0714. The Morgan fingerprint density at radius 1 is 1.25 bits per heavy atom. The molecule has 6 heteroatoms. The molecule has 20 heavy (non-hydrogen) atoms. The van der Waals surface area contributed by atoms with Crippen LogP contribution in [0.3, 0.4) is 0 Å². The molecule has 0 atom stereocenters. The minimum Gasteiger partial charge on any atom is -0.456 e. The van der Waals surface area contributed by atoms with E-state index in [0.717, 1.165) is 11.8 Å². The van der Waals surface area contributed by atoms with Gasteiger partial charge in [-0.15, -0.1) is 0 Å². The lowest BCUT2D eigenvalue weighted by Gasteiger charge is -2.10. The number of nitrogens with zero attached hydrogens (tertiary/aromatic N) is 1. The van der Waals surface area contributed by atoms with Crippen molar-refractivity contribution in [2.24, 2.45) is 0 Å². The van der Waals surface area contributed by atoms with Crippen LogP contribution in [0.2, 0.25) is 0 Å². The van der Waals surface area contributed by atoms with E-state index in [4.69, 9.17) is 4.74 Å².